The normalized spacial score (nSPS) is 36.7. The summed E-state index contributed by atoms with van der Waals surface area (Å²) in [7, 11) is -3.71. The van der Waals surface area contributed by atoms with Gasteiger partial charge < -0.3 is 5.73 Å². The van der Waals surface area contributed by atoms with E-state index in [0.29, 0.717) is 23.7 Å². The number of hydrogen-bond donors (Lipinski definition) is 2. The molecule has 3 N–H and O–H groups in total. The van der Waals surface area contributed by atoms with Gasteiger partial charge in [-0.05, 0) is 42.9 Å². The molecule has 3 aliphatic rings. The minimum atomic E-state index is -3.71. The average Bonchev–Trinajstić information content (AvgIpc) is 2.82. The Kier molecular flexibility index (Phi) is 2.68. The predicted molar refractivity (Wildman–Crippen MR) is 77.3 cm³/mol. The molecular formula is C12H15N3O4S2. The van der Waals surface area contributed by atoms with Crippen LogP contribution in [0.4, 0.5) is 10.7 Å². The largest absolute Gasteiger partial charge is 0.385 e. The highest BCUT2D eigenvalue weighted by Crippen LogP contribution is 2.65. The van der Waals surface area contributed by atoms with E-state index < -0.39 is 14.9 Å². The first-order valence-corrected chi connectivity index (χ1v) is 9.24. The molecule has 1 heterocycles. The summed E-state index contributed by atoms with van der Waals surface area (Å²) in [5.41, 5.74) is 5.18. The lowest BCUT2D eigenvalue weighted by Crippen LogP contribution is -2.29. The van der Waals surface area contributed by atoms with Gasteiger partial charge in [-0.3, -0.25) is 10.1 Å². The second kappa shape index (κ2) is 4.17. The lowest BCUT2D eigenvalue weighted by atomic mass is 10.0. The number of nitro groups is 1. The summed E-state index contributed by atoms with van der Waals surface area (Å²) < 4.78 is 27.4. The van der Waals surface area contributed by atoms with E-state index in [2.05, 4.69) is 4.72 Å². The first-order chi connectivity index (χ1) is 9.88. The monoisotopic (exact) mass is 329 g/mol. The fraction of sp³-hybridized carbons (Fsp3) is 0.667. The Morgan fingerprint density at radius 2 is 1.95 bits per heavy atom. The Morgan fingerprint density at radius 3 is 2.48 bits per heavy atom. The quantitative estimate of drug-likeness (QED) is 0.642. The lowest BCUT2D eigenvalue weighted by molar-refractivity contribution is -0.383. The summed E-state index contributed by atoms with van der Waals surface area (Å²) in [6.07, 6.45) is 3.66. The molecule has 1 aromatic heterocycles. The molecule has 3 fully saturated rings. The van der Waals surface area contributed by atoms with Gasteiger partial charge in [0.2, 0.25) is 0 Å². The van der Waals surface area contributed by atoms with Gasteiger partial charge in [-0.25, -0.2) is 13.1 Å². The van der Waals surface area contributed by atoms with Crippen molar-refractivity contribution < 1.29 is 13.3 Å². The van der Waals surface area contributed by atoms with Gasteiger partial charge >= 0.3 is 5.69 Å². The summed E-state index contributed by atoms with van der Waals surface area (Å²) in [5, 5.41) is 10.7. The van der Waals surface area contributed by atoms with Crippen LogP contribution >= 0.6 is 11.3 Å². The molecule has 0 aliphatic heterocycles. The van der Waals surface area contributed by atoms with E-state index in [4.69, 9.17) is 5.73 Å². The number of fused-ring (bicyclic) bond motifs is 5. The number of nitrogens with zero attached hydrogens (tertiary/aromatic N) is 1. The van der Waals surface area contributed by atoms with E-state index in [1.54, 1.807) is 0 Å². The molecule has 0 spiro atoms. The van der Waals surface area contributed by atoms with Crippen LogP contribution in [0.5, 0.6) is 0 Å². The van der Waals surface area contributed by atoms with Crippen molar-refractivity contribution in [1.82, 2.24) is 4.72 Å². The Morgan fingerprint density at radius 1 is 1.33 bits per heavy atom. The molecule has 3 aliphatic carbocycles. The number of nitrogens with one attached hydrogen (secondary N) is 1. The van der Waals surface area contributed by atoms with Crippen molar-refractivity contribution in [1.29, 1.82) is 0 Å². The summed E-state index contributed by atoms with van der Waals surface area (Å²) in [6.45, 7) is 0. The molecule has 0 aromatic carbocycles. The Bertz CT molecular complexity index is 713. The Balaban J connectivity index is 1.55. The summed E-state index contributed by atoms with van der Waals surface area (Å²) in [6, 6.07) is 1.07. The van der Waals surface area contributed by atoms with Crippen molar-refractivity contribution in [3.05, 3.63) is 16.2 Å². The molecule has 4 atom stereocenters. The molecule has 9 heteroatoms. The van der Waals surface area contributed by atoms with Gasteiger partial charge in [0.15, 0.2) is 5.00 Å². The highest BCUT2D eigenvalue weighted by molar-refractivity contribution is 7.91. The van der Waals surface area contributed by atoms with E-state index in [-0.39, 0.29) is 20.9 Å². The second-order valence-electron chi connectivity index (χ2n) is 6.21. The molecule has 1 aromatic rings. The number of nitrogens with two attached hydrogens (primary N) is 1. The fourth-order valence-electron chi connectivity index (χ4n) is 4.37. The summed E-state index contributed by atoms with van der Waals surface area (Å²) in [5.74, 6) is 2.28. The maximum atomic E-state index is 12.4. The Labute approximate surface area is 125 Å². The minimum Gasteiger partial charge on any atom is -0.385 e. The van der Waals surface area contributed by atoms with Gasteiger partial charge in [-0.15, -0.1) is 0 Å². The molecule has 0 saturated heterocycles. The van der Waals surface area contributed by atoms with Gasteiger partial charge in [-0.2, -0.15) is 0 Å². The third kappa shape index (κ3) is 1.91. The van der Waals surface area contributed by atoms with Gasteiger partial charge in [0.1, 0.15) is 4.21 Å². The molecule has 21 heavy (non-hydrogen) atoms. The number of hydrogen-bond acceptors (Lipinski definition) is 6. The average molecular weight is 329 g/mol. The van der Waals surface area contributed by atoms with Crippen molar-refractivity contribution in [3.63, 3.8) is 0 Å². The first kappa shape index (κ1) is 13.5. The van der Waals surface area contributed by atoms with E-state index in [1.165, 1.54) is 19.3 Å². The van der Waals surface area contributed by atoms with Gasteiger partial charge in [-0.1, -0.05) is 11.3 Å². The van der Waals surface area contributed by atoms with Gasteiger partial charge in [0.05, 0.1) is 4.92 Å². The predicted octanol–water partition coefficient (Wildman–Crippen LogP) is 1.56. The van der Waals surface area contributed by atoms with Crippen LogP contribution < -0.4 is 10.5 Å². The highest BCUT2D eigenvalue weighted by atomic mass is 32.2. The zero-order valence-corrected chi connectivity index (χ0v) is 12.7. The standard InChI is InChI=1S/C12H15N3O4S2/c13-12-7(15(16)17)4-8(20-12)21(18,19)14-11-9-5-1-2-6(3-5)10(9)11/h4-6,9-11,14H,1-3,13H2. The molecule has 7 nitrogen and oxygen atoms in total. The minimum absolute atomic E-state index is 0.0173. The van der Waals surface area contributed by atoms with Crippen molar-refractivity contribution in [2.45, 2.75) is 29.5 Å². The molecular weight excluding hydrogens is 314 g/mol. The SMILES string of the molecule is Nc1sc(S(=O)(=O)NC2C3C4CCC(C4)C23)cc1[N+](=O)[O-]. The molecule has 114 valence electrons. The zero-order chi connectivity index (χ0) is 14.9. The second-order valence-corrected chi connectivity index (χ2v) is 9.23. The third-order valence-electron chi connectivity index (χ3n) is 5.21. The van der Waals surface area contributed by atoms with Crippen LogP contribution in [0.2, 0.25) is 0 Å². The highest BCUT2D eigenvalue weighted by Gasteiger charge is 2.65. The van der Waals surface area contributed by atoms with Gasteiger partial charge in [0.25, 0.3) is 10.0 Å². The summed E-state index contributed by atoms with van der Waals surface area (Å²) in [4.78, 5) is 10.1. The van der Waals surface area contributed by atoms with E-state index >= 15 is 0 Å². The first-order valence-electron chi connectivity index (χ1n) is 6.94. The van der Waals surface area contributed by atoms with Crippen LogP contribution in [0, 0.1) is 33.8 Å². The molecule has 3 saturated carbocycles. The van der Waals surface area contributed by atoms with Gasteiger partial charge in [0, 0.05) is 12.1 Å². The van der Waals surface area contributed by atoms with Crippen LogP contribution in [-0.4, -0.2) is 19.4 Å². The molecule has 0 amide bonds. The van der Waals surface area contributed by atoms with Crippen molar-refractivity contribution in [3.8, 4) is 0 Å². The number of nitrogen functional groups attached to an aromatic ring is 1. The van der Waals surface area contributed by atoms with Crippen molar-refractivity contribution in [2.75, 3.05) is 5.73 Å². The lowest BCUT2D eigenvalue weighted by Gasteiger charge is -2.09. The molecule has 4 rings (SSSR count). The maximum absolute atomic E-state index is 12.4. The summed E-state index contributed by atoms with van der Waals surface area (Å²) >= 11 is 0.750. The number of rotatable bonds is 4. The third-order valence-corrected chi connectivity index (χ3v) is 8.09. The van der Waals surface area contributed by atoms with E-state index in [0.717, 1.165) is 17.4 Å². The number of sulfonamides is 1. The Hall–Kier alpha value is -1.19. The fourth-order valence-corrected chi connectivity index (χ4v) is 6.90. The topological polar surface area (TPSA) is 115 Å². The van der Waals surface area contributed by atoms with Crippen LogP contribution in [0.3, 0.4) is 0 Å². The van der Waals surface area contributed by atoms with Crippen LogP contribution in [0.15, 0.2) is 10.3 Å². The molecule has 0 radical (unpaired) electrons. The smallest absolute Gasteiger partial charge is 0.304 e. The van der Waals surface area contributed by atoms with E-state index in [9.17, 15) is 18.5 Å². The van der Waals surface area contributed by atoms with Crippen molar-refractivity contribution in [2.24, 2.45) is 23.7 Å². The number of thiophene rings is 1. The van der Waals surface area contributed by atoms with Crippen LogP contribution in [0.1, 0.15) is 19.3 Å². The van der Waals surface area contributed by atoms with E-state index in [1.807, 2.05) is 0 Å². The zero-order valence-electron chi connectivity index (χ0n) is 11.1. The molecule has 2 bridgehead atoms. The van der Waals surface area contributed by atoms with Crippen LogP contribution in [0.25, 0.3) is 0 Å². The maximum Gasteiger partial charge on any atom is 0.304 e. The molecule has 4 unspecified atom stereocenters. The number of anilines is 1. The van der Waals surface area contributed by atoms with Crippen LogP contribution in [-0.2, 0) is 10.0 Å². The van der Waals surface area contributed by atoms with Crippen molar-refractivity contribution >= 4 is 32.0 Å².